The van der Waals surface area contributed by atoms with Crippen LogP contribution in [0.1, 0.15) is 64.7 Å². The number of unbranched alkanes of at least 4 members (excludes halogenated alkanes) is 8. The normalized spacial score (nSPS) is 10.8. The van der Waals surface area contributed by atoms with Gasteiger partial charge in [0.2, 0.25) is 5.96 Å². The van der Waals surface area contributed by atoms with E-state index in [-0.39, 0.29) is 5.96 Å². The van der Waals surface area contributed by atoms with E-state index < -0.39 is 0 Å². The van der Waals surface area contributed by atoms with Crippen molar-refractivity contribution in [3.63, 3.8) is 0 Å². The van der Waals surface area contributed by atoms with E-state index in [9.17, 15) is 0 Å². The molecule has 4 heteroatoms. The zero-order valence-electron chi connectivity index (χ0n) is 10.5. The van der Waals surface area contributed by atoms with Gasteiger partial charge in [-0.15, -0.1) is 5.10 Å². The summed E-state index contributed by atoms with van der Waals surface area (Å²) in [6, 6.07) is 0. The fraction of sp³-hybridized carbons (Fsp3) is 0.833. The Bertz CT molecular complexity index is 195. The van der Waals surface area contributed by atoms with Crippen LogP contribution in [0.25, 0.3) is 0 Å². The van der Waals surface area contributed by atoms with Crippen LogP contribution in [0.5, 0.6) is 0 Å². The molecule has 0 spiro atoms. The van der Waals surface area contributed by atoms with E-state index in [1.54, 1.807) is 6.21 Å². The van der Waals surface area contributed by atoms with Crippen LogP contribution in [0, 0.1) is 0 Å². The lowest BCUT2D eigenvalue weighted by molar-refractivity contribution is 0.580. The predicted octanol–water partition coefficient (Wildman–Crippen LogP) is 2.78. The summed E-state index contributed by atoms with van der Waals surface area (Å²) < 4.78 is 0. The largest absolute Gasteiger partial charge is 0.369 e. The number of rotatable bonds is 10. The first-order valence-electron chi connectivity index (χ1n) is 6.37. The van der Waals surface area contributed by atoms with E-state index >= 15 is 0 Å². The van der Waals surface area contributed by atoms with E-state index in [4.69, 9.17) is 11.5 Å². The van der Waals surface area contributed by atoms with Gasteiger partial charge >= 0.3 is 0 Å². The Kier molecular flexibility index (Phi) is 11.2. The number of guanidine groups is 1. The second-order valence-electron chi connectivity index (χ2n) is 4.09. The summed E-state index contributed by atoms with van der Waals surface area (Å²) in [6.45, 7) is 2.25. The van der Waals surface area contributed by atoms with Gasteiger partial charge in [-0.1, -0.05) is 51.9 Å². The molecule has 0 bridgehead atoms. The van der Waals surface area contributed by atoms with E-state index in [0.29, 0.717) is 0 Å². The van der Waals surface area contributed by atoms with Gasteiger partial charge in [-0.2, -0.15) is 5.10 Å². The molecule has 0 radical (unpaired) electrons. The van der Waals surface area contributed by atoms with Crippen molar-refractivity contribution in [2.24, 2.45) is 21.7 Å². The lowest BCUT2D eigenvalue weighted by Crippen LogP contribution is -2.21. The van der Waals surface area contributed by atoms with Crippen molar-refractivity contribution in [2.45, 2.75) is 64.7 Å². The summed E-state index contributed by atoms with van der Waals surface area (Å²) in [5, 5.41) is 7.28. The molecule has 94 valence electrons. The molecule has 0 heterocycles. The zero-order chi connectivity index (χ0) is 12.1. The summed E-state index contributed by atoms with van der Waals surface area (Å²) in [5.41, 5.74) is 10.3. The molecule has 0 aliphatic carbocycles. The molecule has 0 saturated heterocycles. The molecule has 4 nitrogen and oxygen atoms in total. The molecule has 0 aliphatic heterocycles. The van der Waals surface area contributed by atoms with E-state index in [1.165, 1.54) is 51.4 Å². The van der Waals surface area contributed by atoms with Gasteiger partial charge in [0.15, 0.2) is 0 Å². The molecule has 0 atom stereocenters. The van der Waals surface area contributed by atoms with Gasteiger partial charge in [-0.25, -0.2) is 0 Å². The molecule has 16 heavy (non-hydrogen) atoms. The molecule has 0 fully saturated rings. The molecule has 0 amide bonds. The highest BCUT2D eigenvalue weighted by atomic mass is 15.3. The lowest BCUT2D eigenvalue weighted by atomic mass is 10.1. The van der Waals surface area contributed by atoms with Crippen molar-refractivity contribution in [2.75, 3.05) is 0 Å². The van der Waals surface area contributed by atoms with Gasteiger partial charge in [0.1, 0.15) is 0 Å². The fourth-order valence-corrected chi connectivity index (χ4v) is 1.53. The second kappa shape index (κ2) is 12.0. The van der Waals surface area contributed by atoms with Crippen LogP contribution in [0.15, 0.2) is 10.2 Å². The minimum absolute atomic E-state index is 0.0205. The standard InChI is InChI=1S/C12H26N4/c1-2-3-4-5-6-7-8-9-10-11-15-16-12(13)14/h11H,2-10H2,1H3,(H4,13,14,16). The number of nitrogens with two attached hydrogens (primary N) is 2. The van der Waals surface area contributed by atoms with Crippen LogP contribution in [0.3, 0.4) is 0 Å². The third kappa shape index (κ3) is 12.9. The number of nitrogens with zero attached hydrogens (tertiary/aromatic N) is 2. The summed E-state index contributed by atoms with van der Waals surface area (Å²) >= 11 is 0. The topological polar surface area (TPSA) is 76.8 Å². The van der Waals surface area contributed by atoms with Crippen molar-refractivity contribution >= 4 is 12.2 Å². The smallest absolute Gasteiger partial charge is 0.211 e. The predicted molar refractivity (Wildman–Crippen MR) is 71.5 cm³/mol. The first-order chi connectivity index (χ1) is 7.77. The average Bonchev–Trinajstić information content (AvgIpc) is 2.25. The van der Waals surface area contributed by atoms with Crippen molar-refractivity contribution in [1.29, 1.82) is 0 Å². The zero-order valence-corrected chi connectivity index (χ0v) is 10.5. The van der Waals surface area contributed by atoms with Gasteiger partial charge in [0, 0.05) is 6.21 Å². The van der Waals surface area contributed by atoms with Gasteiger partial charge < -0.3 is 11.5 Å². The summed E-state index contributed by atoms with van der Waals surface area (Å²) in [4.78, 5) is 0. The Hall–Kier alpha value is -1.06. The van der Waals surface area contributed by atoms with E-state index in [2.05, 4.69) is 17.1 Å². The van der Waals surface area contributed by atoms with Crippen LogP contribution in [0.2, 0.25) is 0 Å². The Morgan fingerprint density at radius 3 is 2.06 bits per heavy atom. The van der Waals surface area contributed by atoms with Crippen LogP contribution < -0.4 is 11.5 Å². The van der Waals surface area contributed by atoms with Crippen LogP contribution in [-0.4, -0.2) is 12.2 Å². The average molecular weight is 226 g/mol. The Labute approximate surface area is 99.2 Å². The molecule has 0 aromatic rings. The fourth-order valence-electron chi connectivity index (χ4n) is 1.53. The lowest BCUT2D eigenvalue weighted by Gasteiger charge is -1.99. The Morgan fingerprint density at radius 2 is 1.50 bits per heavy atom. The van der Waals surface area contributed by atoms with Crippen LogP contribution in [0.4, 0.5) is 0 Å². The van der Waals surface area contributed by atoms with Crippen molar-refractivity contribution < 1.29 is 0 Å². The quantitative estimate of drug-likeness (QED) is 0.260. The van der Waals surface area contributed by atoms with Crippen molar-refractivity contribution in [1.82, 2.24) is 0 Å². The molecular weight excluding hydrogens is 200 g/mol. The molecule has 4 N–H and O–H groups in total. The first-order valence-corrected chi connectivity index (χ1v) is 6.37. The molecule has 0 saturated carbocycles. The Balaban J connectivity index is 3.10. The van der Waals surface area contributed by atoms with Crippen LogP contribution >= 0.6 is 0 Å². The van der Waals surface area contributed by atoms with Crippen molar-refractivity contribution in [3.05, 3.63) is 0 Å². The van der Waals surface area contributed by atoms with Gasteiger partial charge in [-0.05, 0) is 12.8 Å². The Morgan fingerprint density at radius 1 is 0.938 bits per heavy atom. The molecule has 0 aromatic heterocycles. The monoisotopic (exact) mass is 226 g/mol. The van der Waals surface area contributed by atoms with E-state index in [1.807, 2.05) is 0 Å². The highest BCUT2D eigenvalue weighted by molar-refractivity contribution is 5.76. The van der Waals surface area contributed by atoms with Crippen molar-refractivity contribution in [3.8, 4) is 0 Å². The number of hydrogen-bond acceptors (Lipinski definition) is 2. The maximum Gasteiger partial charge on any atom is 0.211 e. The molecular formula is C12H26N4. The maximum absolute atomic E-state index is 5.13. The maximum atomic E-state index is 5.13. The first kappa shape index (κ1) is 14.9. The second-order valence-corrected chi connectivity index (χ2v) is 4.09. The minimum atomic E-state index is 0.0205. The van der Waals surface area contributed by atoms with Gasteiger partial charge in [-0.3, -0.25) is 0 Å². The van der Waals surface area contributed by atoms with Gasteiger partial charge in [0.05, 0.1) is 0 Å². The van der Waals surface area contributed by atoms with Crippen LogP contribution in [-0.2, 0) is 0 Å². The summed E-state index contributed by atoms with van der Waals surface area (Å²) in [6.07, 6.45) is 13.4. The highest BCUT2D eigenvalue weighted by Crippen LogP contribution is 2.08. The SMILES string of the molecule is CCCCCCCCCCC=NN=C(N)N. The number of hydrogen-bond donors (Lipinski definition) is 2. The third-order valence-corrected chi connectivity index (χ3v) is 2.44. The van der Waals surface area contributed by atoms with E-state index in [0.717, 1.165) is 6.42 Å². The molecule has 0 aromatic carbocycles. The minimum Gasteiger partial charge on any atom is -0.369 e. The van der Waals surface area contributed by atoms with Gasteiger partial charge in [0.25, 0.3) is 0 Å². The summed E-state index contributed by atoms with van der Waals surface area (Å²) in [5.74, 6) is 0.0205. The molecule has 0 unspecified atom stereocenters. The molecule has 0 aliphatic rings. The highest BCUT2D eigenvalue weighted by Gasteiger charge is 1.90. The third-order valence-electron chi connectivity index (χ3n) is 2.44. The molecule has 0 rings (SSSR count). The summed E-state index contributed by atoms with van der Waals surface area (Å²) in [7, 11) is 0.